The van der Waals surface area contributed by atoms with Crippen LogP contribution >= 0.6 is 11.6 Å². The van der Waals surface area contributed by atoms with Gasteiger partial charge in [0.25, 0.3) is 0 Å². The van der Waals surface area contributed by atoms with Gasteiger partial charge in [0.15, 0.2) is 0 Å². The average Bonchev–Trinajstić information content (AvgIpc) is 2.75. The van der Waals surface area contributed by atoms with Crippen molar-refractivity contribution in [2.45, 2.75) is 19.4 Å². The highest BCUT2D eigenvalue weighted by Crippen LogP contribution is 2.04. The molecule has 2 heterocycles. The Morgan fingerprint density at radius 2 is 2.24 bits per heavy atom. The molecular formula is C14H24ClN5O. The van der Waals surface area contributed by atoms with E-state index in [9.17, 15) is 4.79 Å². The molecule has 0 radical (unpaired) electrons. The molecule has 0 saturated carbocycles. The van der Waals surface area contributed by atoms with Gasteiger partial charge in [-0.15, -0.1) is 0 Å². The van der Waals surface area contributed by atoms with Crippen molar-refractivity contribution in [3.05, 3.63) is 17.4 Å². The molecule has 1 fully saturated rings. The number of aromatic nitrogens is 2. The molecule has 0 aliphatic carbocycles. The summed E-state index contributed by atoms with van der Waals surface area (Å²) in [4.78, 5) is 16.5. The van der Waals surface area contributed by atoms with Crippen LogP contribution in [0.1, 0.15) is 12.8 Å². The number of carbonyl (C=O) groups excluding carboxylic acids is 1. The maximum atomic E-state index is 11.9. The minimum absolute atomic E-state index is 0.109. The van der Waals surface area contributed by atoms with Crippen LogP contribution < -0.4 is 5.32 Å². The summed E-state index contributed by atoms with van der Waals surface area (Å²) in [5, 5.41) is 7.72. The Morgan fingerprint density at radius 3 is 3.00 bits per heavy atom. The molecule has 0 unspecified atom stereocenters. The molecule has 1 aromatic rings. The van der Waals surface area contributed by atoms with Gasteiger partial charge in [-0.05, 0) is 33.0 Å². The van der Waals surface area contributed by atoms with Crippen LogP contribution in [0.25, 0.3) is 0 Å². The van der Waals surface area contributed by atoms with Crippen LogP contribution in [0.3, 0.4) is 0 Å². The third-order valence-corrected chi connectivity index (χ3v) is 3.86. The van der Waals surface area contributed by atoms with E-state index in [0.29, 0.717) is 18.1 Å². The predicted octanol–water partition coefficient (Wildman–Crippen LogP) is 0.680. The maximum absolute atomic E-state index is 11.9. The van der Waals surface area contributed by atoms with Gasteiger partial charge in [-0.2, -0.15) is 5.10 Å². The number of hydrogen-bond donors (Lipinski definition) is 1. The van der Waals surface area contributed by atoms with Gasteiger partial charge in [0.2, 0.25) is 5.91 Å². The van der Waals surface area contributed by atoms with E-state index in [2.05, 4.69) is 27.3 Å². The van der Waals surface area contributed by atoms with Crippen molar-refractivity contribution in [3.63, 3.8) is 0 Å². The summed E-state index contributed by atoms with van der Waals surface area (Å²) in [5.74, 6) is 0.109. The van der Waals surface area contributed by atoms with Gasteiger partial charge >= 0.3 is 0 Å². The zero-order valence-electron chi connectivity index (χ0n) is 12.6. The van der Waals surface area contributed by atoms with Crippen molar-refractivity contribution in [2.75, 3.05) is 46.3 Å². The first kappa shape index (κ1) is 16.3. The lowest BCUT2D eigenvalue weighted by Gasteiger charge is -2.19. The number of rotatable bonds is 6. The van der Waals surface area contributed by atoms with Gasteiger partial charge in [-0.25, -0.2) is 0 Å². The topological polar surface area (TPSA) is 53.4 Å². The number of aryl methyl sites for hydroxylation is 1. The quantitative estimate of drug-likeness (QED) is 0.785. The predicted molar refractivity (Wildman–Crippen MR) is 83.4 cm³/mol. The van der Waals surface area contributed by atoms with Gasteiger partial charge in [-0.1, -0.05) is 11.6 Å². The summed E-state index contributed by atoms with van der Waals surface area (Å²) in [6.07, 6.45) is 5.39. The fourth-order valence-electron chi connectivity index (χ4n) is 2.45. The zero-order valence-corrected chi connectivity index (χ0v) is 13.3. The van der Waals surface area contributed by atoms with Gasteiger partial charge < -0.3 is 10.2 Å². The van der Waals surface area contributed by atoms with Gasteiger partial charge in [0.1, 0.15) is 0 Å². The van der Waals surface area contributed by atoms with E-state index < -0.39 is 0 Å². The summed E-state index contributed by atoms with van der Waals surface area (Å²) >= 11 is 5.79. The van der Waals surface area contributed by atoms with Crippen LogP contribution in [-0.4, -0.2) is 71.8 Å². The van der Waals surface area contributed by atoms with Gasteiger partial charge in [0, 0.05) is 32.4 Å². The third kappa shape index (κ3) is 6.03. The summed E-state index contributed by atoms with van der Waals surface area (Å²) in [6.45, 7) is 6.06. The first-order valence-corrected chi connectivity index (χ1v) is 7.87. The molecule has 2 rings (SSSR count). The number of likely N-dealkylation sites (N-methyl/N-ethyl adjacent to an activating group) is 1. The van der Waals surface area contributed by atoms with Crippen LogP contribution in [0, 0.1) is 0 Å². The number of nitrogens with zero attached hydrogens (tertiary/aromatic N) is 4. The minimum atomic E-state index is 0.109. The fourth-order valence-corrected chi connectivity index (χ4v) is 2.60. The molecule has 0 aromatic carbocycles. The standard InChI is InChI=1S/C14H24ClN5O/c1-18-5-3-6-19(9-8-18)12-14(21)16-4-2-7-20-11-13(15)10-17-20/h10-11H,2-9,12H2,1H3,(H,16,21). The molecular weight excluding hydrogens is 290 g/mol. The Kier molecular flexibility index (Phi) is 6.48. The van der Waals surface area contributed by atoms with Crippen molar-refractivity contribution in [2.24, 2.45) is 0 Å². The summed E-state index contributed by atoms with van der Waals surface area (Å²) in [6, 6.07) is 0. The lowest BCUT2D eigenvalue weighted by molar-refractivity contribution is -0.122. The van der Waals surface area contributed by atoms with Crippen molar-refractivity contribution < 1.29 is 4.79 Å². The van der Waals surface area contributed by atoms with Crippen LogP contribution in [0.15, 0.2) is 12.4 Å². The summed E-state index contributed by atoms with van der Waals surface area (Å²) < 4.78 is 1.79. The lowest BCUT2D eigenvalue weighted by Crippen LogP contribution is -2.39. The van der Waals surface area contributed by atoms with E-state index in [1.54, 1.807) is 17.1 Å². The summed E-state index contributed by atoms with van der Waals surface area (Å²) in [7, 11) is 2.13. The Bertz CT molecular complexity index is 450. The molecule has 1 saturated heterocycles. The number of nitrogens with one attached hydrogen (secondary N) is 1. The molecule has 0 atom stereocenters. The van der Waals surface area contributed by atoms with E-state index in [1.165, 1.54) is 0 Å². The van der Waals surface area contributed by atoms with Crippen molar-refractivity contribution in [1.29, 1.82) is 0 Å². The highest BCUT2D eigenvalue weighted by molar-refractivity contribution is 6.30. The molecule has 0 bridgehead atoms. The molecule has 6 nitrogen and oxygen atoms in total. The van der Waals surface area contributed by atoms with Crippen LogP contribution in [0.5, 0.6) is 0 Å². The monoisotopic (exact) mass is 313 g/mol. The van der Waals surface area contributed by atoms with Crippen LogP contribution in [-0.2, 0) is 11.3 Å². The van der Waals surface area contributed by atoms with Crippen molar-refractivity contribution >= 4 is 17.5 Å². The molecule has 21 heavy (non-hydrogen) atoms. The second-order valence-corrected chi connectivity index (χ2v) is 5.99. The number of hydrogen-bond acceptors (Lipinski definition) is 4. The highest BCUT2D eigenvalue weighted by atomic mass is 35.5. The fraction of sp³-hybridized carbons (Fsp3) is 0.714. The molecule has 1 aliphatic heterocycles. The van der Waals surface area contributed by atoms with Gasteiger partial charge in [0.05, 0.1) is 17.8 Å². The smallest absolute Gasteiger partial charge is 0.234 e. The van der Waals surface area contributed by atoms with Crippen molar-refractivity contribution in [3.8, 4) is 0 Å². The number of halogens is 1. The Hall–Kier alpha value is -1.11. The van der Waals surface area contributed by atoms with Crippen molar-refractivity contribution in [1.82, 2.24) is 24.9 Å². The molecule has 1 aromatic heterocycles. The van der Waals surface area contributed by atoms with Gasteiger partial charge in [-0.3, -0.25) is 14.4 Å². The van der Waals surface area contributed by atoms with E-state index in [-0.39, 0.29) is 5.91 Å². The molecule has 1 aliphatic rings. The normalized spacial score (nSPS) is 17.6. The third-order valence-electron chi connectivity index (χ3n) is 3.67. The second-order valence-electron chi connectivity index (χ2n) is 5.56. The Morgan fingerprint density at radius 1 is 1.38 bits per heavy atom. The molecule has 1 amide bonds. The van der Waals surface area contributed by atoms with E-state index in [1.807, 2.05) is 0 Å². The average molecular weight is 314 g/mol. The minimum Gasteiger partial charge on any atom is -0.355 e. The SMILES string of the molecule is CN1CCCN(CC(=O)NCCCn2cc(Cl)cn2)CC1. The summed E-state index contributed by atoms with van der Waals surface area (Å²) in [5.41, 5.74) is 0. The second kappa shape index (κ2) is 8.36. The molecule has 1 N–H and O–H groups in total. The highest BCUT2D eigenvalue weighted by Gasteiger charge is 2.14. The van der Waals surface area contributed by atoms with E-state index in [4.69, 9.17) is 11.6 Å². The lowest BCUT2D eigenvalue weighted by atomic mass is 10.3. The maximum Gasteiger partial charge on any atom is 0.234 e. The molecule has 7 heteroatoms. The molecule has 118 valence electrons. The first-order chi connectivity index (χ1) is 10.1. The number of amides is 1. The molecule has 0 spiro atoms. The Labute approximate surface area is 131 Å². The van der Waals surface area contributed by atoms with E-state index >= 15 is 0 Å². The largest absolute Gasteiger partial charge is 0.355 e. The van der Waals surface area contributed by atoms with Crippen LogP contribution in [0.4, 0.5) is 0 Å². The number of carbonyl (C=O) groups is 1. The van der Waals surface area contributed by atoms with E-state index in [0.717, 1.165) is 45.6 Å². The zero-order chi connectivity index (χ0) is 15.1. The van der Waals surface area contributed by atoms with Crippen LogP contribution in [0.2, 0.25) is 5.02 Å². The Balaban J connectivity index is 1.59. The first-order valence-electron chi connectivity index (χ1n) is 7.49.